The van der Waals surface area contributed by atoms with E-state index >= 15 is 0 Å². The van der Waals surface area contributed by atoms with Crippen molar-refractivity contribution in [2.45, 2.75) is 45.6 Å². The Kier molecular flexibility index (Phi) is 9.42. The Hall–Kier alpha value is -1.79. The summed E-state index contributed by atoms with van der Waals surface area (Å²) in [5.74, 6) is 1.82. The number of aliphatic imine (C=N–C) groups is 1. The highest BCUT2D eigenvalue weighted by molar-refractivity contribution is 5.79. The third-order valence-corrected chi connectivity index (χ3v) is 4.98. The first-order valence-electron chi connectivity index (χ1n) is 10.2. The van der Waals surface area contributed by atoms with Crippen LogP contribution in [-0.4, -0.2) is 68.4 Å². The third-order valence-electron chi connectivity index (χ3n) is 4.98. The lowest BCUT2D eigenvalue weighted by Gasteiger charge is -2.29. The molecule has 0 aliphatic carbocycles. The van der Waals surface area contributed by atoms with E-state index in [0.29, 0.717) is 0 Å². The molecule has 1 aliphatic heterocycles. The number of hydrogen-bond acceptors (Lipinski definition) is 4. The van der Waals surface area contributed by atoms with Crippen molar-refractivity contribution in [1.82, 2.24) is 15.5 Å². The highest BCUT2D eigenvalue weighted by Gasteiger charge is 2.15. The summed E-state index contributed by atoms with van der Waals surface area (Å²) in [6.07, 6.45) is 3.67. The van der Waals surface area contributed by atoms with E-state index in [1.165, 1.54) is 5.56 Å². The Morgan fingerprint density at radius 3 is 2.78 bits per heavy atom. The fourth-order valence-corrected chi connectivity index (χ4v) is 3.32. The number of ether oxygens (including phenoxy) is 1. The molecule has 3 N–H and O–H groups in total. The number of aliphatic hydroxyl groups excluding tert-OH is 1. The van der Waals surface area contributed by atoms with Crippen LogP contribution >= 0.6 is 0 Å². The number of nitrogens with zero attached hydrogens (tertiary/aromatic N) is 2. The van der Waals surface area contributed by atoms with Crippen molar-refractivity contribution in [3.8, 4) is 5.75 Å². The molecule has 0 aromatic heterocycles. The number of aliphatic hydroxyl groups is 1. The molecule has 152 valence electrons. The van der Waals surface area contributed by atoms with Crippen molar-refractivity contribution >= 4 is 5.96 Å². The van der Waals surface area contributed by atoms with Crippen molar-refractivity contribution in [3.63, 3.8) is 0 Å². The van der Waals surface area contributed by atoms with Gasteiger partial charge < -0.3 is 25.4 Å². The maximum Gasteiger partial charge on any atom is 0.191 e. The van der Waals surface area contributed by atoms with Crippen LogP contribution < -0.4 is 15.4 Å². The van der Waals surface area contributed by atoms with Gasteiger partial charge in [-0.2, -0.15) is 0 Å². The number of aryl methyl sites for hydroxylation is 1. The molecule has 1 aromatic carbocycles. The first kappa shape index (κ1) is 21.5. The zero-order valence-corrected chi connectivity index (χ0v) is 17.1. The predicted octanol–water partition coefficient (Wildman–Crippen LogP) is 1.95. The molecule has 0 unspecified atom stereocenters. The van der Waals surface area contributed by atoms with E-state index in [4.69, 9.17) is 4.74 Å². The van der Waals surface area contributed by atoms with Gasteiger partial charge in [-0.3, -0.25) is 4.99 Å². The Bertz CT molecular complexity index is 584. The van der Waals surface area contributed by atoms with Crippen LogP contribution in [0.3, 0.4) is 0 Å². The highest BCUT2D eigenvalue weighted by Crippen LogP contribution is 2.19. The summed E-state index contributed by atoms with van der Waals surface area (Å²) in [7, 11) is 1.71. The van der Waals surface area contributed by atoms with Gasteiger partial charge in [-0.15, -0.1) is 0 Å². The summed E-state index contributed by atoms with van der Waals surface area (Å²) in [6.45, 7) is 9.71. The van der Waals surface area contributed by atoms with Crippen LogP contribution in [0, 0.1) is 6.92 Å². The second kappa shape index (κ2) is 11.8. The minimum atomic E-state index is -0.0997. The molecule has 0 saturated carbocycles. The fourth-order valence-electron chi connectivity index (χ4n) is 3.32. The third kappa shape index (κ3) is 7.77. The summed E-state index contributed by atoms with van der Waals surface area (Å²) in [6, 6.07) is 6.36. The first-order valence-corrected chi connectivity index (χ1v) is 10.2. The quantitative estimate of drug-likeness (QED) is 0.349. The average Bonchev–Trinajstić information content (AvgIpc) is 2.67. The Morgan fingerprint density at radius 2 is 2.07 bits per heavy atom. The van der Waals surface area contributed by atoms with Crippen LogP contribution in [0.4, 0.5) is 0 Å². The summed E-state index contributed by atoms with van der Waals surface area (Å²) < 4.78 is 5.40. The second-order valence-electron chi connectivity index (χ2n) is 7.17. The lowest BCUT2D eigenvalue weighted by atomic mass is 10.1. The maximum absolute atomic E-state index is 9.57. The van der Waals surface area contributed by atoms with Gasteiger partial charge in [-0.1, -0.05) is 12.1 Å². The Balaban J connectivity index is 1.71. The first-order chi connectivity index (χ1) is 13.1. The number of hydrogen-bond donors (Lipinski definition) is 3. The van der Waals surface area contributed by atoms with Gasteiger partial charge in [0.2, 0.25) is 0 Å². The summed E-state index contributed by atoms with van der Waals surface area (Å²) in [5, 5.41) is 16.3. The molecule has 27 heavy (non-hydrogen) atoms. The molecule has 1 aliphatic rings. The SMILES string of the molecule is CCNC(=NCCCN1CCC(O)CC1)NCCc1ccc(C)c(OC)c1. The minimum Gasteiger partial charge on any atom is -0.496 e. The van der Waals surface area contributed by atoms with Crippen LogP contribution in [-0.2, 0) is 6.42 Å². The number of likely N-dealkylation sites (tertiary alicyclic amines) is 1. The standard InChI is InChI=1S/C21H36N4O2/c1-4-22-21(23-11-5-13-25-14-9-19(26)10-15-25)24-12-8-18-7-6-17(2)20(16-18)27-3/h6-7,16,19,26H,4-5,8-15H2,1-3H3,(H2,22,23,24). The Labute approximate surface area is 164 Å². The zero-order chi connectivity index (χ0) is 19.5. The van der Waals surface area contributed by atoms with E-state index in [9.17, 15) is 5.11 Å². The van der Waals surface area contributed by atoms with Crippen LogP contribution in [0.1, 0.15) is 37.3 Å². The lowest BCUT2D eigenvalue weighted by Crippen LogP contribution is -2.39. The molecule has 1 fully saturated rings. The normalized spacial score (nSPS) is 16.4. The minimum absolute atomic E-state index is 0.0997. The van der Waals surface area contributed by atoms with E-state index in [2.05, 4.69) is 52.6 Å². The van der Waals surface area contributed by atoms with Crippen molar-refractivity contribution < 1.29 is 9.84 Å². The van der Waals surface area contributed by atoms with Crippen LogP contribution in [0.2, 0.25) is 0 Å². The number of nitrogens with one attached hydrogen (secondary N) is 2. The second-order valence-corrected chi connectivity index (χ2v) is 7.17. The van der Waals surface area contributed by atoms with Crippen LogP contribution in [0.25, 0.3) is 0 Å². The van der Waals surface area contributed by atoms with Gasteiger partial charge in [-0.25, -0.2) is 0 Å². The van der Waals surface area contributed by atoms with E-state index in [1.807, 2.05) is 0 Å². The smallest absolute Gasteiger partial charge is 0.191 e. The van der Waals surface area contributed by atoms with Gasteiger partial charge in [0, 0.05) is 32.7 Å². The van der Waals surface area contributed by atoms with Crippen LogP contribution in [0.5, 0.6) is 5.75 Å². The van der Waals surface area contributed by atoms with E-state index in [-0.39, 0.29) is 6.10 Å². The van der Waals surface area contributed by atoms with Crippen molar-refractivity contribution in [3.05, 3.63) is 29.3 Å². The molecule has 0 bridgehead atoms. The summed E-state index contributed by atoms with van der Waals surface area (Å²) in [4.78, 5) is 7.11. The molecular weight excluding hydrogens is 340 g/mol. The maximum atomic E-state index is 9.57. The largest absolute Gasteiger partial charge is 0.496 e. The Morgan fingerprint density at radius 1 is 1.30 bits per heavy atom. The molecule has 1 heterocycles. The van der Waals surface area contributed by atoms with Gasteiger partial charge in [0.05, 0.1) is 13.2 Å². The molecule has 0 spiro atoms. The van der Waals surface area contributed by atoms with Gasteiger partial charge in [0.25, 0.3) is 0 Å². The van der Waals surface area contributed by atoms with Gasteiger partial charge in [0.1, 0.15) is 5.75 Å². The highest BCUT2D eigenvalue weighted by atomic mass is 16.5. The summed E-state index contributed by atoms with van der Waals surface area (Å²) in [5.41, 5.74) is 2.42. The number of methoxy groups -OCH3 is 1. The molecule has 6 heteroatoms. The topological polar surface area (TPSA) is 69.1 Å². The van der Waals surface area contributed by atoms with Crippen molar-refractivity contribution in [2.24, 2.45) is 4.99 Å². The fraction of sp³-hybridized carbons (Fsp3) is 0.667. The van der Waals surface area contributed by atoms with Gasteiger partial charge in [-0.05, 0) is 63.3 Å². The molecule has 0 atom stereocenters. The molecule has 1 saturated heterocycles. The van der Waals surface area contributed by atoms with Gasteiger partial charge in [0.15, 0.2) is 5.96 Å². The number of piperidine rings is 1. The number of benzene rings is 1. The molecule has 6 nitrogen and oxygen atoms in total. The molecule has 2 rings (SSSR count). The van der Waals surface area contributed by atoms with Crippen molar-refractivity contribution in [1.29, 1.82) is 0 Å². The predicted molar refractivity (Wildman–Crippen MR) is 112 cm³/mol. The van der Waals surface area contributed by atoms with Gasteiger partial charge >= 0.3 is 0 Å². The average molecular weight is 377 g/mol. The van der Waals surface area contributed by atoms with E-state index in [1.54, 1.807) is 7.11 Å². The molecular formula is C21H36N4O2. The molecule has 1 aromatic rings. The molecule has 0 amide bonds. The van der Waals surface area contributed by atoms with E-state index < -0.39 is 0 Å². The summed E-state index contributed by atoms with van der Waals surface area (Å²) >= 11 is 0. The monoisotopic (exact) mass is 376 g/mol. The number of rotatable bonds is 9. The van der Waals surface area contributed by atoms with E-state index in [0.717, 1.165) is 82.2 Å². The lowest BCUT2D eigenvalue weighted by molar-refractivity contribution is 0.0824. The van der Waals surface area contributed by atoms with Crippen LogP contribution in [0.15, 0.2) is 23.2 Å². The zero-order valence-electron chi connectivity index (χ0n) is 17.1. The number of guanidine groups is 1. The molecule has 0 radical (unpaired) electrons. The van der Waals surface area contributed by atoms with Crippen molar-refractivity contribution in [2.75, 3.05) is 46.4 Å².